The Labute approximate surface area is 232 Å². The molecule has 39 heavy (non-hydrogen) atoms. The minimum absolute atomic E-state index is 0.0131. The lowest BCUT2D eigenvalue weighted by atomic mass is 9.79. The van der Waals surface area contributed by atoms with Gasteiger partial charge in [0.1, 0.15) is 0 Å². The molecule has 0 spiro atoms. The fraction of sp³-hybridized carbons (Fsp3) is 0.586. The predicted octanol–water partition coefficient (Wildman–Crippen LogP) is 5.61. The van der Waals surface area contributed by atoms with E-state index in [2.05, 4.69) is 61.4 Å². The monoisotopic (exact) mass is 555 g/mol. The van der Waals surface area contributed by atoms with Gasteiger partial charge in [-0.1, -0.05) is 27.7 Å². The largest absolute Gasteiger partial charge is 0.415 e. The molecule has 1 fully saturated rings. The topological polar surface area (TPSA) is 96.5 Å². The fourth-order valence-corrected chi connectivity index (χ4v) is 6.20. The van der Waals surface area contributed by atoms with E-state index in [1.165, 1.54) is 0 Å². The van der Waals surface area contributed by atoms with E-state index in [-0.39, 0.29) is 40.5 Å². The summed E-state index contributed by atoms with van der Waals surface area (Å²) in [4.78, 5) is 36.4. The number of halogens is 1. The molecule has 0 unspecified atom stereocenters. The highest BCUT2D eigenvalue weighted by molar-refractivity contribution is 6.74. The van der Waals surface area contributed by atoms with E-state index in [4.69, 9.17) is 4.43 Å². The zero-order chi connectivity index (χ0) is 28.7. The summed E-state index contributed by atoms with van der Waals surface area (Å²) in [6, 6.07) is 5.24. The van der Waals surface area contributed by atoms with Crippen LogP contribution < -0.4 is 15.5 Å². The summed E-state index contributed by atoms with van der Waals surface area (Å²) in [6.07, 6.45) is 3.31. The molecule has 4 rings (SSSR count). The van der Waals surface area contributed by atoms with E-state index in [0.29, 0.717) is 30.6 Å². The molecule has 212 valence electrons. The molecule has 2 aliphatic rings. The van der Waals surface area contributed by atoms with E-state index in [0.717, 1.165) is 30.3 Å². The zero-order valence-electron chi connectivity index (χ0n) is 24.4. The van der Waals surface area contributed by atoms with Gasteiger partial charge >= 0.3 is 0 Å². The summed E-state index contributed by atoms with van der Waals surface area (Å²) < 4.78 is 20.0. The molecule has 1 aliphatic carbocycles. The van der Waals surface area contributed by atoms with Crippen LogP contribution in [0.1, 0.15) is 75.1 Å². The van der Waals surface area contributed by atoms with Gasteiger partial charge in [-0.2, -0.15) is 0 Å². The summed E-state index contributed by atoms with van der Waals surface area (Å²) >= 11 is 0. The summed E-state index contributed by atoms with van der Waals surface area (Å²) in [5, 5.41) is 6.48. The number of benzene rings is 1. The van der Waals surface area contributed by atoms with E-state index in [9.17, 15) is 14.0 Å². The normalized spacial score (nSPS) is 21.4. The van der Waals surface area contributed by atoms with Crippen molar-refractivity contribution >= 4 is 31.8 Å². The predicted molar refractivity (Wildman–Crippen MR) is 154 cm³/mol. The third-order valence-electron chi connectivity index (χ3n) is 8.55. The summed E-state index contributed by atoms with van der Waals surface area (Å²) in [7, 11) is -1.90. The Bertz CT molecular complexity index is 1240. The van der Waals surface area contributed by atoms with Gasteiger partial charge < -0.3 is 20.0 Å². The van der Waals surface area contributed by atoms with Gasteiger partial charge in [-0.25, -0.2) is 14.4 Å². The first kappa shape index (κ1) is 29.1. The summed E-state index contributed by atoms with van der Waals surface area (Å²) in [6.45, 7) is 17.1. The standard InChI is InChI=1S/C29H42FN5O3Si/c1-17-25(34-28-32-16-23(30)18(2)33-28)22-15-21(27(37)31-13-14-38-39(7,8)29(4,5)6)11-12-24(22)35(19(3)36)26(17)20-9-10-20/h11-12,15-17,20,25-26H,9-10,13-14H2,1-8H3,(H,31,37)(H,32,33,34)/t17-,25-,26-/m1/s1. The summed E-state index contributed by atoms with van der Waals surface area (Å²) in [5.74, 6) is 0.0658. The van der Waals surface area contributed by atoms with Gasteiger partial charge in [-0.3, -0.25) is 9.59 Å². The van der Waals surface area contributed by atoms with Crippen molar-refractivity contribution in [3.63, 3.8) is 0 Å². The second-order valence-corrected chi connectivity index (χ2v) is 17.3. The molecule has 1 aliphatic heterocycles. The van der Waals surface area contributed by atoms with Crippen molar-refractivity contribution in [3.05, 3.63) is 47.0 Å². The maximum Gasteiger partial charge on any atom is 0.251 e. The Kier molecular flexibility index (Phi) is 8.19. The van der Waals surface area contributed by atoms with E-state index in [1.54, 1.807) is 19.9 Å². The average molecular weight is 556 g/mol. The number of amides is 2. The average Bonchev–Trinajstić information content (AvgIpc) is 3.69. The molecule has 0 bridgehead atoms. The molecule has 2 amide bonds. The number of hydrogen-bond acceptors (Lipinski definition) is 6. The van der Waals surface area contributed by atoms with Crippen molar-refractivity contribution in [1.29, 1.82) is 0 Å². The van der Waals surface area contributed by atoms with Gasteiger partial charge in [0.05, 0.1) is 24.5 Å². The molecule has 3 atom stereocenters. The van der Waals surface area contributed by atoms with Crippen molar-refractivity contribution in [2.45, 2.75) is 84.6 Å². The summed E-state index contributed by atoms with van der Waals surface area (Å²) in [5.41, 5.74) is 2.37. The third-order valence-corrected chi connectivity index (χ3v) is 13.1. The number of nitrogens with zero attached hydrogens (tertiary/aromatic N) is 3. The van der Waals surface area contributed by atoms with Crippen LogP contribution in [0.3, 0.4) is 0 Å². The lowest BCUT2D eigenvalue weighted by molar-refractivity contribution is -0.117. The van der Waals surface area contributed by atoms with Gasteiger partial charge in [0.15, 0.2) is 14.1 Å². The minimum atomic E-state index is -1.90. The van der Waals surface area contributed by atoms with Crippen LogP contribution in [0.4, 0.5) is 16.0 Å². The van der Waals surface area contributed by atoms with Crippen LogP contribution in [0.15, 0.2) is 24.4 Å². The smallest absolute Gasteiger partial charge is 0.251 e. The Morgan fingerprint density at radius 3 is 2.51 bits per heavy atom. The molecule has 2 aromatic rings. The Morgan fingerprint density at radius 1 is 1.23 bits per heavy atom. The number of carbonyl (C=O) groups excluding carboxylic acids is 2. The van der Waals surface area contributed by atoms with Gasteiger partial charge in [0.25, 0.3) is 5.91 Å². The number of nitrogens with one attached hydrogen (secondary N) is 2. The molecule has 2 heterocycles. The Hall–Kier alpha value is -2.85. The van der Waals surface area contributed by atoms with Crippen molar-refractivity contribution in [2.24, 2.45) is 11.8 Å². The van der Waals surface area contributed by atoms with Gasteiger partial charge in [-0.15, -0.1) is 0 Å². The minimum Gasteiger partial charge on any atom is -0.415 e. The SMILES string of the molecule is CC(=O)N1c2ccc(C(=O)NCCO[Si](C)(C)C(C)(C)C)cc2[C@H](Nc2ncc(F)c(C)n2)[C@@H](C)[C@@H]1C1CC1. The molecule has 1 saturated carbocycles. The zero-order valence-corrected chi connectivity index (χ0v) is 25.4. The number of anilines is 2. The molecule has 0 saturated heterocycles. The molecule has 8 nitrogen and oxygen atoms in total. The fourth-order valence-electron chi connectivity index (χ4n) is 5.16. The maximum absolute atomic E-state index is 13.9. The highest BCUT2D eigenvalue weighted by atomic mass is 28.4. The van der Waals surface area contributed by atoms with Crippen molar-refractivity contribution in [3.8, 4) is 0 Å². The number of aromatic nitrogens is 2. The number of rotatable bonds is 8. The van der Waals surface area contributed by atoms with Crippen molar-refractivity contribution < 1.29 is 18.4 Å². The van der Waals surface area contributed by atoms with Crippen molar-refractivity contribution in [2.75, 3.05) is 23.4 Å². The van der Waals surface area contributed by atoms with Crippen LogP contribution in [0.5, 0.6) is 0 Å². The van der Waals surface area contributed by atoms with Crippen LogP contribution in [0.25, 0.3) is 0 Å². The van der Waals surface area contributed by atoms with Crippen molar-refractivity contribution in [1.82, 2.24) is 15.3 Å². The molecule has 2 N–H and O–H groups in total. The molecular weight excluding hydrogens is 513 g/mol. The second-order valence-electron chi connectivity index (χ2n) is 12.5. The second kappa shape index (κ2) is 11.0. The number of fused-ring (bicyclic) bond motifs is 1. The van der Waals surface area contributed by atoms with E-state index < -0.39 is 14.1 Å². The first-order chi connectivity index (χ1) is 18.2. The highest BCUT2D eigenvalue weighted by Gasteiger charge is 2.48. The first-order valence-corrected chi connectivity index (χ1v) is 16.7. The number of hydrogen-bond donors (Lipinski definition) is 2. The number of aryl methyl sites for hydroxylation is 1. The molecule has 0 radical (unpaired) electrons. The highest BCUT2D eigenvalue weighted by Crippen LogP contribution is 2.50. The lowest BCUT2D eigenvalue weighted by Gasteiger charge is -2.45. The first-order valence-electron chi connectivity index (χ1n) is 13.8. The van der Waals surface area contributed by atoms with Gasteiger partial charge in [0, 0.05) is 36.7 Å². The van der Waals surface area contributed by atoms with Crippen LogP contribution >= 0.6 is 0 Å². The molecular formula is C29H42FN5O3Si. The maximum atomic E-state index is 13.9. The quantitative estimate of drug-likeness (QED) is 0.325. The van der Waals surface area contributed by atoms with Gasteiger partial charge in [-0.05, 0) is 67.6 Å². The molecule has 1 aromatic heterocycles. The van der Waals surface area contributed by atoms with Crippen LogP contribution in [0, 0.1) is 24.6 Å². The Balaban J connectivity index is 1.60. The third kappa shape index (κ3) is 6.16. The van der Waals surface area contributed by atoms with E-state index >= 15 is 0 Å². The van der Waals surface area contributed by atoms with Crippen LogP contribution in [0.2, 0.25) is 18.1 Å². The lowest BCUT2D eigenvalue weighted by Crippen LogP contribution is -2.51. The van der Waals surface area contributed by atoms with Crippen LogP contribution in [-0.2, 0) is 9.22 Å². The molecule has 10 heteroatoms. The van der Waals surface area contributed by atoms with Crippen LogP contribution in [-0.4, -0.2) is 49.3 Å². The Morgan fingerprint density at radius 2 is 1.92 bits per heavy atom. The number of carbonyl (C=O) groups is 2. The molecule has 1 aromatic carbocycles. The van der Waals surface area contributed by atoms with E-state index in [1.807, 2.05) is 17.0 Å². The van der Waals surface area contributed by atoms with Gasteiger partial charge in [0.2, 0.25) is 11.9 Å².